The molecule has 0 spiro atoms. The molecule has 0 fully saturated rings. The largest absolute Gasteiger partial charge is 0.465 e. The van der Waals surface area contributed by atoms with Crippen LogP contribution in [0.15, 0.2) is 59.9 Å². The second-order valence-corrected chi connectivity index (χ2v) is 4.75. The lowest BCUT2D eigenvalue weighted by Gasteiger charge is -2.13. The highest BCUT2D eigenvalue weighted by Crippen LogP contribution is 2.25. The zero-order chi connectivity index (χ0) is 16.5. The van der Waals surface area contributed by atoms with Crippen LogP contribution in [0.2, 0.25) is 0 Å². The van der Waals surface area contributed by atoms with E-state index < -0.39 is 11.9 Å². The molecule has 116 valence electrons. The van der Waals surface area contributed by atoms with Crippen molar-refractivity contribution in [2.75, 3.05) is 6.61 Å². The molecule has 1 aromatic heterocycles. The lowest BCUT2D eigenvalue weighted by molar-refractivity contribution is -0.143. The van der Waals surface area contributed by atoms with Gasteiger partial charge in [-0.15, -0.1) is 0 Å². The van der Waals surface area contributed by atoms with E-state index in [0.717, 1.165) is 11.1 Å². The Morgan fingerprint density at radius 2 is 1.91 bits per heavy atom. The van der Waals surface area contributed by atoms with E-state index in [-0.39, 0.29) is 12.6 Å². The average molecular weight is 307 g/mol. The Labute approximate surface area is 135 Å². The molecule has 0 aliphatic carbocycles. The van der Waals surface area contributed by atoms with Gasteiger partial charge in [-0.2, -0.15) is 5.26 Å². The molecule has 2 rings (SSSR count). The summed E-state index contributed by atoms with van der Waals surface area (Å²) < 4.78 is 4.88. The summed E-state index contributed by atoms with van der Waals surface area (Å²) in [5.41, 5.74) is 1.90. The smallest absolute Gasteiger partial charge is 0.328 e. The van der Waals surface area contributed by atoms with Gasteiger partial charge in [0, 0.05) is 18.6 Å². The number of esters is 1. The summed E-state index contributed by atoms with van der Waals surface area (Å²) in [6, 6.07) is 15.0. The predicted octanol–water partition coefficient (Wildman–Crippen LogP) is 2.94. The van der Waals surface area contributed by atoms with Crippen LogP contribution in [0.25, 0.3) is 0 Å². The topological polar surface area (TPSA) is 75.3 Å². The molecule has 0 N–H and O–H groups in total. The van der Waals surface area contributed by atoms with Gasteiger partial charge in [-0.3, -0.25) is 14.8 Å². The molecule has 1 aromatic carbocycles. The maximum Gasteiger partial charge on any atom is 0.328 e. The number of hydrogen-bond donors (Lipinski definition) is 0. The van der Waals surface area contributed by atoms with E-state index in [2.05, 4.69) is 9.98 Å². The molecule has 1 heterocycles. The van der Waals surface area contributed by atoms with Crippen LogP contribution in [-0.2, 0) is 9.53 Å². The minimum absolute atomic E-state index is 0.233. The van der Waals surface area contributed by atoms with Crippen LogP contribution in [0.5, 0.6) is 0 Å². The van der Waals surface area contributed by atoms with E-state index in [0.29, 0.717) is 0 Å². The number of benzene rings is 1. The first kappa shape index (κ1) is 16.4. The fourth-order valence-electron chi connectivity index (χ4n) is 2.10. The number of hydrogen-bond acceptors (Lipinski definition) is 5. The molecule has 2 aromatic rings. The molecule has 5 nitrogen and oxygen atoms in total. The molecule has 0 saturated carbocycles. The normalized spacial score (nSPS) is 13.2. The monoisotopic (exact) mass is 307 g/mol. The predicted molar refractivity (Wildman–Crippen MR) is 86.8 cm³/mol. The summed E-state index contributed by atoms with van der Waals surface area (Å²) in [7, 11) is 0. The molecule has 0 radical (unpaired) electrons. The van der Waals surface area contributed by atoms with Gasteiger partial charge in [0.2, 0.25) is 0 Å². The van der Waals surface area contributed by atoms with Crippen molar-refractivity contribution in [1.82, 2.24) is 4.98 Å². The number of pyridine rings is 1. The molecular weight excluding hydrogens is 290 g/mol. The Morgan fingerprint density at radius 1 is 1.26 bits per heavy atom. The first-order valence-electron chi connectivity index (χ1n) is 7.30. The van der Waals surface area contributed by atoms with Crippen molar-refractivity contribution in [1.29, 1.82) is 5.26 Å². The molecule has 0 bridgehead atoms. The van der Waals surface area contributed by atoms with E-state index in [1.807, 2.05) is 48.5 Å². The second-order valence-electron chi connectivity index (χ2n) is 4.75. The van der Waals surface area contributed by atoms with E-state index >= 15 is 0 Å². The van der Waals surface area contributed by atoms with Crippen LogP contribution in [0.3, 0.4) is 0 Å². The molecule has 0 amide bonds. The van der Waals surface area contributed by atoms with Crippen LogP contribution in [0.4, 0.5) is 0 Å². The third kappa shape index (κ3) is 4.48. The molecular formula is C18H17N3O2. The lowest BCUT2D eigenvalue weighted by Crippen LogP contribution is -2.18. The first-order valence-corrected chi connectivity index (χ1v) is 7.30. The van der Waals surface area contributed by atoms with Crippen LogP contribution >= 0.6 is 0 Å². The minimum atomic E-state index is -1.01. The molecule has 23 heavy (non-hydrogen) atoms. The van der Waals surface area contributed by atoms with E-state index in [9.17, 15) is 4.79 Å². The SMILES string of the molecule is CCOC(=O)[C@@H](C#N)C=N[C@@H](c1ccccc1)c1ccncc1. The quantitative estimate of drug-likeness (QED) is 0.607. The van der Waals surface area contributed by atoms with E-state index in [4.69, 9.17) is 10.00 Å². The summed E-state index contributed by atoms with van der Waals surface area (Å²) in [5.74, 6) is -1.59. The highest BCUT2D eigenvalue weighted by molar-refractivity contribution is 5.93. The molecule has 0 unspecified atom stereocenters. The number of ether oxygens (including phenoxy) is 1. The van der Waals surface area contributed by atoms with Crippen LogP contribution in [-0.4, -0.2) is 23.8 Å². The zero-order valence-corrected chi connectivity index (χ0v) is 12.8. The summed E-state index contributed by atoms with van der Waals surface area (Å²) in [6.45, 7) is 1.94. The lowest BCUT2D eigenvalue weighted by atomic mass is 10.00. The second kappa shape index (κ2) is 8.44. The summed E-state index contributed by atoms with van der Waals surface area (Å²) in [6.07, 6.45) is 4.73. The number of carbonyl (C=O) groups is 1. The Hall–Kier alpha value is -3.00. The number of aliphatic imine (C=N–C) groups is 1. The van der Waals surface area contributed by atoms with Gasteiger partial charge >= 0.3 is 5.97 Å². The van der Waals surface area contributed by atoms with Gasteiger partial charge in [0.25, 0.3) is 0 Å². The van der Waals surface area contributed by atoms with Gasteiger partial charge in [0.05, 0.1) is 18.7 Å². The van der Waals surface area contributed by atoms with Crippen molar-refractivity contribution < 1.29 is 9.53 Å². The Balaban J connectivity index is 2.30. The number of nitriles is 1. The van der Waals surface area contributed by atoms with Crippen LogP contribution in [0.1, 0.15) is 24.1 Å². The molecule has 2 atom stereocenters. The van der Waals surface area contributed by atoms with Crippen LogP contribution < -0.4 is 0 Å². The Bertz CT molecular complexity index is 654. The number of rotatable bonds is 6. The summed E-state index contributed by atoms with van der Waals surface area (Å²) in [4.78, 5) is 20.2. The van der Waals surface area contributed by atoms with Gasteiger partial charge in [-0.05, 0) is 30.2 Å². The van der Waals surface area contributed by atoms with Gasteiger partial charge in [0.1, 0.15) is 0 Å². The molecule has 0 aliphatic heterocycles. The fraction of sp³-hybridized carbons (Fsp3) is 0.222. The average Bonchev–Trinajstić information content (AvgIpc) is 2.60. The fourth-order valence-corrected chi connectivity index (χ4v) is 2.10. The van der Waals surface area contributed by atoms with E-state index in [1.165, 1.54) is 6.21 Å². The third-order valence-electron chi connectivity index (χ3n) is 3.20. The number of carbonyl (C=O) groups excluding carboxylic acids is 1. The van der Waals surface area contributed by atoms with Crippen molar-refractivity contribution in [2.45, 2.75) is 13.0 Å². The molecule has 0 aliphatic rings. The standard InChI is InChI=1S/C18H17N3O2/c1-2-23-18(22)16(12-19)13-21-17(14-6-4-3-5-7-14)15-8-10-20-11-9-15/h3-11,13,16-17H,2H2,1H3/t16-,17-/m0/s1. The van der Waals surface area contributed by atoms with Crippen molar-refractivity contribution in [3.05, 3.63) is 66.0 Å². The number of nitrogens with zero attached hydrogens (tertiary/aromatic N) is 3. The first-order chi connectivity index (χ1) is 11.3. The highest BCUT2D eigenvalue weighted by Gasteiger charge is 2.18. The van der Waals surface area contributed by atoms with Gasteiger partial charge in [-0.1, -0.05) is 30.3 Å². The maximum atomic E-state index is 11.7. The van der Waals surface area contributed by atoms with Crippen molar-refractivity contribution in [3.63, 3.8) is 0 Å². The van der Waals surface area contributed by atoms with Crippen molar-refractivity contribution in [3.8, 4) is 6.07 Å². The summed E-state index contributed by atoms with van der Waals surface area (Å²) in [5, 5.41) is 9.13. The van der Waals surface area contributed by atoms with Crippen molar-refractivity contribution >= 4 is 12.2 Å². The Morgan fingerprint density at radius 3 is 2.52 bits per heavy atom. The van der Waals surface area contributed by atoms with Gasteiger partial charge < -0.3 is 4.74 Å². The summed E-state index contributed by atoms with van der Waals surface area (Å²) >= 11 is 0. The van der Waals surface area contributed by atoms with Crippen molar-refractivity contribution in [2.24, 2.45) is 10.9 Å². The maximum absolute atomic E-state index is 11.7. The highest BCUT2D eigenvalue weighted by atomic mass is 16.5. The zero-order valence-electron chi connectivity index (χ0n) is 12.8. The molecule has 5 heteroatoms. The van der Waals surface area contributed by atoms with Gasteiger partial charge in [0.15, 0.2) is 5.92 Å². The number of aromatic nitrogens is 1. The molecule has 0 saturated heterocycles. The minimum Gasteiger partial charge on any atom is -0.465 e. The van der Waals surface area contributed by atoms with E-state index in [1.54, 1.807) is 19.3 Å². The van der Waals surface area contributed by atoms with Gasteiger partial charge in [-0.25, -0.2) is 0 Å². The third-order valence-corrected chi connectivity index (χ3v) is 3.20. The Kier molecular flexibility index (Phi) is 6.01. The van der Waals surface area contributed by atoms with Crippen LogP contribution in [0, 0.1) is 17.2 Å².